The molecular weight excluding hydrogens is 330 g/mol. The van der Waals surface area contributed by atoms with Crippen molar-refractivity contribution in [2.75, 3.05) is 0 Å². The molecule has 0 saturated heterocycles. The molecule has 4 rings (SSSR count). The molecule has 0 aliphatic rings. The Bertz CT molecular complexity index is 1100. The molecule has 0 radical (unpaired) electrons. The first-order valence-corrected chi connectivity index (χ1v) is 7.88. The molecule has 0 N–H and O–H groups in total. The number of hydrogen-bond donors (Lipinski definition) is 0. The lowest BCUT2D eigenvalue weighted by atomic mass is 10.1. The zero-order valence-electron chi connectivity index (χ0n) is 13.6. The highest BCUT2D eigenvalue weighted by molar-refractivity contribution is 5.88. The molecule has 0 amide bonds. The molecule has 0 spiro atoms. The summed E-state index contributed by atoms with van der Waals surface area (Å²) in [6, 6.07) is 16.4. The predicted molar refractivity (Wildman–Crippen MR) is 98.7 cm³/mol. The van der Waals surface area contributed by atoms with E-state index in [4.69, 9.17) is 0 Å². The number of nitro benzene ring substituents is 1. The minimum atomic E-state index is -0.411. The lowest BCUT2D eigenvalue weighted by molar-refractivity contribution is -0.383. The molecule has 26 heavy (non-hydrogen) atoms. The van der Waals surface area contributed by atoms with Gasteiger partial charge in [-0.1, -0.05) is 36.4 Å². The summed E-state index contributed by atoms with van der Waals surface area (Å²) in [5.74, 6) is 0. The molecule has 0 fully saturated rings. The number of aromatic nitrogens is 4. The Morgan fingerprint density at radius 2 is 1.85 bits per heavy atom. The highest BCUT2D eigenvalue weighted by Crippen LogP contribution is 2.24. The number of pyridine rings is 1. The second-order valence-electron chi connectivity index (χ2n) is 5.61. The lowest BCUT2D eigenvalue weighted by Crippen LogP contribution is -1.93. The average Bonchev–Trinajstić information content (AvgIpc) is 3.21. The maximum Gasteiger partial charge on any atom is 0.295 e. The fourth-order valence-corrected chi connectivity index (χ4v) is 2.65. The van der Waals surface area contributed by atoms with Crippen LogP contribution in [0, 0.1) is 10.1 Å². The van der Waals surface area contributed by atoms with Crippen LogP contribution in [0.25, 0.3) is 28.7 Å². The number of para-hydroxylation sites is 1. The van der Waals surface area contributed by atoms with Crippen molar-refractivity contribution in [2.24, 2.45) is 0 Å². The molecule has 2 aromatic heterocycles. The molecule has 2 aromatic carbocycles. The second-order valence-corrected chi connectivity index (χ2v) is 5.61. The van der Waals surface area contributed by atoms with Crippen LogP contribution in [0.2, 0.25) is 0 Å². The zero-order chi connectivity index (χ0) is 17.9. The SMILES string of the molecule is O=[N+]([O-])c1cccc2ccc(/C=C/c3ccc(-n4cncn4)cc3)nc12. The van der Waals surface area contributed by atoms with Crippen LogP contribution >= 0.6 is 0 Å². The van der Waals surface area contributed by atoms with Crippen LogP contribution in [-0.4, -0.2) is 24.7 Å². The van der Waals surface area contributed by atoms with Crippen LogP contribution in [-0.2, 0) is 0 Å². The van der Waals surface area contributed by atoms with Gasteiger partial charge >= 0.3 is 0 Å². The van der Waals surface area contributed by atoms with Gasteiger partial charge in [-0.2, -0.15) is 5.10 Å². The van der Waals surface area contributed by atoms with Gasteiger partial charge in [-0.15, -0.1) is 0 Å². The Morgan fingerprint density at radius 1 is 1.00 bits per heavy atom. The first-order valence-electron chi connectivity index (χ1n) is 7.88. The number of benzene rings is 2. The Kier molecular flexibility index (Phi) is 3.95. The number of non-ortho nitro benzene ring substituents is 1. The Labute approximate surface area is 148 Å². The number of fused-ring (bicyclic) bond motifs is 1. The largest absolute Gasteiger partial charge is 0.295 e. The van der Waals surface area contributed by atoms with Crippen LogP contribution in [0.4, 0.5) is 5.69 Å². The van der Waals surface area contributed by atoms with Crippen molar-refractivity contribution >= 4 is 28.7 Å². The summed E-state index contributed by atoms with van der Waals surface area (Å²) < 4.78 is 1.68. The van der Waals surface area contributed by atoms with Crippen molar-refractivity contribution in [1.29, 1.82) is 0 Å². The highest BCUT2D eigenvalue weighted by atomic mass is 16.6. The molecule has 7 heteroatoms. The third kappa shape index (κ3) is 3.05. The molecule has 0 unspecified atom stereocenters. The van der Waals surface area contributed by atoms with Crippen LogP contribution in [0.3, 0.4) is 0 Å². The van der Waals surface area contributed by atoms with E-state index in [-0.39, 0.29) is 5.69 Å². The summed E-state index contributed by atoms with van der Waals surface area (Å²) in [4.78, 5) is 19.1. The maximum atomic E-state index is 11.2. The molecule has 7 nitrogen and oxygen atoms in total. The number of hydrogen-bond acceptors (Lipinski definition) is 5. The summed E-state index contributed by atoms with van der Waals surface area (Å²) in [7, 11) is 0. The van der Waals surface area contributed by atoms with Gasteiger partial charge in [0.25, 0.3) is 5.69 Å². The van der Waals surface area contributed by atoms with Gasteiger partial charge in [0.1, 0.15) is 18.2 Å². The van der Waals surface area contributed by atoms with Crippen molar-refractivity contribution in [2.45, 2.75) is 0 Å². The monoisotopic (exact) mass is 343 g/mol. The molecule has 0 atom stereocenters. The quantitative estimate of drug-likeness (QED) is 0.414. The van der Waals surface area contributed by atoms with E-state index in [2.05, 4.69) is 15.1 Å². The molecular formula is C19H13N5O2. The second kappa shape index (κ2) is 6.56. The lowest BCUT2D eigenvalue weighted by Gasteiger charge is -2.01. The summed E-state index contributed by atoms with van der Waals surface area (Å²) in [6.07, 6.45) is 6.86. The number of nitrogens with zero attached hydrogens (tertiary/aromatic N) is 5. The van der Waals surface area contributed by atoms with E-state index >= 15 is 0 Å². The van der Waals surface area contributed by atoms with Crippen molar-refractivity contribution in [1.82, 2.24) is 19.7 Å². The molecule has 0 aliphatic heterocycles. The van der Waals surface area contributed by atoms with E-state index in [9.17, 15) is 10.1 Å². The molecule has 0 aliphatic carbocycles. The van der Waals surface area contributed by atoms with Crippen LogP contribution in [0.15, 0.2) is 67.3 Å². The van der Waals surface area contributed by atoms with Crippen molar-refractivity contribution in [3.05, 3.63) is 88.6 Å². The van der Waals surface area contributed by atoms with Crippen molar-refractivity contribution < 1.29 is 4.92 Å². The Balaban J connectivity index is 1.62. The number of rotatable bonds is 4. The van der Waals surface area contributed by atoms with Gasteiger partial charge in [0.15, 0.2) is 0 Å². The molecule has 2 heterocycles. The summed E-state index contributed by atoms with van der Waals surface area (Å²) >= 11 is 0. The highest BCUT2D eigenvalue weighted by Gasteiger charge is 2.12. The smallest absolute Gasteiger partial charge is 0.258 e. The predicted octanol–water partition coefficient (Wildman–Crippen LogP) is 3.89. The number of nitro groups is 1. The first-order chi connectivity index (χ1) is 12.7. The van der Waals surface area contributed by atoms with E-state index in [1.165, 1.54) is 12.4 Å². The van der Waals surface area contributed by atoms with Gasteiger partial charge in [0, 0.05) is 11.5 Å². The standard InChI is InChI=1S/C19H13N5O2/c25-24(26)18-3-1-2-15-7-9-16(22-19(15)18)8-4-14-5-10-17(11-6-14)23-13-20-12-21-23/h1-13H/b8-4+. The van der Waals surface area contributed by atoms with E-state index in [0.717, 1.165) is 16.6 Å². The average molecular weight is 343 g/mol. The van der Waals surface area contributed by atoms with Crippen molar-refractivity contribution in [3.8, 4) is 5.69 Å². The Hall–Kier alpha value is -3.87. The normalized spacial score (nSPS) is 11.2. The van der Waals surface area contributed by atoms with Crippen LogP contribution in [0.1, 0.15) is 11.3 Å². The van der Waals surface area contributed by atoms with Crippen LogP contribution in [0.5, 0.6) is 0 Å². The van der Waals surface area contributed by atoms with Gasteiger partial charge in [-0.05, 0) is 29.8 Å². The summed E-state index contributed by atoms with van der Waals surface area (Å²) in [6.45, 7) is 0. The van der Waals surface area contributed by atoms with E-state index in [1.807, 2.05) is 54.6 Å². The van der Waals surface area contributed by atoms with E-state index in [1.54, 1.807) is 17.1 Å². The van der Waals surface area contributed by atoms with E-state index < -0.39 is 4.92 Å². The van der Waals surface area contributed by atoms with Gasteiger partial charge in [-0.3, -0.25) is 10.1 Å². The maximum absolute atomic E-state index is 11.2. The van der Waals surface area contributed by atoms with Gasteiger partial charge in [0.05, 0.1) is 16.3 Å². The molecule has 0 saturated carbocycles. The fraction of sp³-hybridized carbons (Fsp3) is 0. The summed E-state index contributed by atoms with van der Waals surface area (Å²) in [5, 5.41) is 16.0. The molecule has 4 aromatic rings. The zero-order valence-corrected chi connectivity index (χ0v) is 13.6. The fourth-order valence-electron chi connectivity index (χ4n) is 2.65. The summed E-state index contributed by atoms with van der Waals surface area (Å²) in [5.41, 5.74) is 2.96. The van der Waals surface area contributed by atoms with E-state index in [0.29, 0.717) is 11.2 Å². The van der Waals surface area contributed by atoms with Crippen LogP contribution < -0.4 is 0 Å². The Morgan fingerprint density at radius 3 is 2.58 bits per heavy atom. The third-order valence-corrected chi connectivity index (χ3v) is 3.94. The minimum Gasteiger partial charge on any atom is -0.258 e. The minimum absolute atomic E-state index is 0.00920. The van der Waals surface area contributed by atoms with Gasteiger partial charge in [0.2, 0.25) is 0 Å². The van der Waals surface area contributed by atoms with Crippen molar-refractivity contribution in [3.63, 3.8) is 0 Å². The first kappa shape index (κ1) is 15.6. The molecule has 126 valence electrons. The van der Waals surface area contributed by atoms with Gasteiger partial charge in [-0.25, -0.2) is 14.6 Å². The third-order valence-electron chi connectivity index (χ3n) is 3.94. The topological polar surface area (TPSA) is 86.7 Å². The molecule has 0 bridgehead atoms. The van der Waals surface area contributed by atoms with Gasteiger partial charge < -0.3 is 0 Å².